The van der Waals surface area contributed by atoms with Crippen LogP contribution >= 0.6 is 15.9 Å². The Kier molecular flexibility index (Phi) is 35.2. The number of rotatable bonds is 33. The molecule has 0 aromatic carbocycles. The van der Waals surface area contributed by atoms with Crippen molar-refractivity contribution in [2.75, 3.05) is 124 Å². The molecule has 0 aromatic rings. The summed E-state index contributed by atoms with van der Waals surface area (Å²) in [5, 5.41) is 0.845. The van der Waals surface area contributed by atoms with E-state index in [-0.39, 0.29) is 0 Å². The van der Waals surface area contributed by atoms with Crippen molar-refractivity contribution >= 4 is 15.9 Å². The maximum Gasteiger partial charge on any atom is 0.0701 e. The fourth-order valence-corrected chi connectivity index (χ4v) is 3.13. The first kappa shape index (κ1) is 36.1. The third kappa shape index (κ3) is 34.1. The maximum atomic E-state index is 5.57. The van der Waals surface area contributed by atoms with E-state index < -0.39 is 0 Å². The lowest BCUT2D eigenvalue weighted by molar-refractivity contribution is -0.0248. The highest BCUT2D eigenvalue weighted by molar-refractivity contribution is 9.09. The van der Waals surface area contributed by atoms with Gasteiger partial charge in [0.2, 0.25) is 0 Å². The van der Waals surface area contributed by atoms with Gasteiger partial charge >= 0.3 is 0 Å². The molecule has 0 fully saturated rings. The maximum absolute atomic E-state index is 5.57. The van der Waals surface area contributed by atoms with Gasteiger partial charge in [0, 0.05) is 11.9 Å². The molecule has 0 radical (unpaired) electrons. The van der Waals surface area contributed by atoms with Crippen LogP contribution in [-0.2, 0) is 42.6 Å². The highest BCUT2D eigenvalue weighted by atomic mass is 79.9. The molecule has 0 aliphatic rings. The van der Waals surface area contributed by atoms with E-state index in [0.717, 1.165) is 18.4 Å². The molecule has 0 aliphatic carbocycles. The minimum Gasteiger partial charge on any atom is -0.379 e. The molecule has 0 bridgehead atoms. The van der Waals surface area contributed by atoms with Gasteiger partial charge in [0.25, 0.3) is 0 Å². The van der Waals surface area contributed by atoms with Crippen LogP contribution < -0.4 is 0 Å². The van der Waals surface area contributed by atoms with Crippen LogP contribution in [0, 0.1) is 0 Å². The van der Waals surface area contributed by atoms with E-state index in [1.807, 2.05) is 0 Å². The molecule has 0 saturated heterocycles. The summed E-state index contributed by atoms with van der Waals surface area (Å²) in [7, 11) is 0. The van der Waals surface area contributed by atoms with Crippen molar-refractivity contribution in [1.82, 2.24) is 0 Å². The Labute approximate surface area is 228 Å². The third-order valence-electron chi connectivity index (χ3n) is 4.84. The second-order valence-electron chi connectivity index (χ2n) is 7.97. The van der Waals surface area contributed by atoms with Gasteiger partial charge in [-0.3, -0.25) is 0 Å². The summed E-state index contributed by atoms with van der Waals surface area (Å²) < 4.78 is 49.0. The quantitative estimate of drug-likeness (QED) is 0.0837. The van der Waals surface area contributed by atoms with Gasteiger partial charge in [0.05, 0.1) is 112 Å². The first-order valence-corrected chi connectivity index (χ1v) is 14.8. The summed E-state index contributed by atoms with van der Waals surface area (Å²) >= 11 is 3.30. The van der Waals surface area contributed by atoms with Gasteiger partial charge in [-0.05, 0) is 6.42 Å². The first-order valence-electron chi connectivity index (χ1n) is 13.7. The van der Waals surface area contributed by atoms with Crippen molar-refractivity contribution in [3.05, 3.63) is 0 Å². The van der Waals surface area contributed by atoms with E-state index in [9.17, 15) is 0 Å². The Morgan fingerprint density at radius 2 is 0.556 bits per heavy atom. The Balaban J connectivity index is 3.00. The number of hydrogen-bond acceptors (Lipinski definition) is 9. The first-order chi connectivity index (χ1) is 17.9. The minimum absolute atomic E-state index is 0.539. The average Bonchev–Trinajstić information content (AvgIpc) is 2.89. The molecule has 10 heteroatoms. The van der Waals surface area contributed by atoms with Crippen LogP contribution in [-0.4, -0.2) is 124 Å². The normalized spacial score (nSPS) is 11.5. The molecule has 0 unspecified atom stereocenters. The molecule has 0 amide bonds. The Bertz CT molecular complexity index is 347. The molecule has 0 rings (SSSR count). The van der Waals surface area contributed by atoms with Crippen LogP contribution in [0.2, 0.25) is 0 Å². The lowest BCUT2D eigenvalue weighted by atomic mass is 10.1. The van der Waals surface area contributed by atoms with Crippen molar-refractivity contribution in [3.8, 4) is 0 Å². The smallest absolute Gasteiger partial charge is 0.0701 e. The highest BCUT2D eigenvalue weighted by Crippen LogP contribution is 2.04. The SMILES string of the molecule is CCCCCCCCOCCOCCOCCOCCOCCOCCOCCOCCOCCBr. The summed E-state index contributed by atoms with van der Waals surface area (Å²) in [6.07, 6.45) is 7.71. The van der Waals surface area contributed by atoms with Crippen molar-refractivity contribution in [2.24, 2.45) is 0 Å². The summed E-state index contributed by atoms with van der Waals surface area (Å²) in [5.41, 5.74) is 0. The molecule has 0 aliphatic heterocycles. The van der Waals surface area contributed by atoms with Gasteiger partial charge < -0.3 is 42.6 Å². The summed E-state index contributed by atoms with van der Waals surface area (Å²) in [4.78, 5) is 0. The third-order valence-corrected chi connectivity index (χ3v) is 5.16. The van der Waals surface area contributed by atoms with Crippen LogP contribution in [0.1, 0.15) is 45.4 Å². The van der Waals surface area contributed by atoms with Gasteiger partial charge in [-0.2, -0.15) is 0 Å². The van der Waals surface area contributed by atoms with Crippen LogP contribution in [0.5, 0.6) is 0 Å². The summed E-state index contributed by atoms with van der Waals surface area (Å²) in [5.74, 6) is 0. The van der Waals surface area contributed by atoms with E-state index in [0.29, 0.717) is 112 Å². The van der Waals surface area contributed by atoms with Gasteiger partial charge in [-0.1, -0.05) is 55.0 Å². The predicted molar refractivity (Wildman–Crippen MR) is 145 cm³/mol. The van der Waals surface area contributed by atoms with Gasteiger partial charge in [0.1, 0.15) is 0 Å². The lowest BCUT2D eigenvalue weighted by Crippen LogP contribution is -2.15. The van der Waals surface area contributed by atoms with E-state index in [1.54, 1.807) is 0 Å². The zero-order valence-electron chi connectivity index (χ0n) is 22.7. The Hall–Kier alpha value is 0.120. The van der Waals surface area contributed by atoms with Crippen LogP contribution in [0.15, 0.2) is 0 Å². The molecule has 9 nitrogen and oxygen atoms in total. The van der Waals surface area contributed by atoms with Crippen molar-refractivity contribution in [3.63, 3.8) is 0 Å². The molecular weight excluding hydrogens is 536 g/mol. The summed E-state index contributed by atoms with van der Waals surface area (Å²) in [6, 6.07) is 0. The largest absolute Gasteiger partial charge is 0.379 e. The number of alkyl halides is 1. The van der Waals surface area contributed by atoms with Gasteiger partial charge in [-0.15, -0.1) is 0 Å². The zero-order valence-corrected chi connectivity index (χ0v) is 24.3. The lowest BCUT2D eigenvalue weighted by Gasteiger charge is -2.09. The second kappa shape index (κ2) is 35.1. The standard InChI is InChI=1S/C26H53BrO9/c1-2-3-4-5-6-7-9-28-11-13-30-15-17-32-19-21-34-23-25-36-26-24-35-22-20-33-18-16-31-14-12-29-10-8-27/h2-26H2,1H3. The predicted octanol–water partition coefficient (Wildman–Crippen LogP) is 3.89. The molecule has 218 valence electrons. The molecule has 0 N–H and O–H groups in total. The van der Waals surface area contributed by atoms with E-state index in [2.05, 4.69) is 22.9 Å². The molecule has 0 atom stereocenters. The molecule has 0 saturated carbocycles. The Morgan fingerprint density at radius 1 is 0.306 bits per heavy atom. The second-order valence-corrected chi connectivity index (χ2v) is 8.76. The van der Waals surface area contributed by atoms with Crippen molar-refractivity contribution in [2.45, 2.75) is 45.4 Å². The summed E-state index contributed by atoms with van der Waals surface area (Å²) in [6.45, 7) is 12.9. The van der Waals surface area contributed by atoms with E-state index >= 15 is 0 Å². The molecular formula is C26H53BrO9. The number of ether oxygens (including phenoxy) is 9. The minimum atomic E-state index is 0.539. The van der Waals surface area contributed by atoms with Gasteiger partial charge in [0.15, 0.2) is 0 Å². The molecule has 0 spiro atoms. The average molecular weight is 590 g/mol. The Morgan fingerprint density at radius 3 is 0.861 bits per heavy atom. The molecule has 36 heavy (non-hydrogen) atoms. The van der Waals surface area contributed by atoms with E-state index in [1.165, 1.54) is 32.1 Å². The monoisotopic (exact) mass is 588 g/mol. The topological polar surface area (TPSA) is 83.1 Å². The van der Waals surface area contributed by atoms with Crippen LogP contribution in [0.3, 0.4) is 0 Å². The van der Waals surface area contributed by atoms with Crippen LogP contribution in [0.25, 0.3) is 0 Å². The number of unbranched alkanes of at least 4 members (excludes halogenated alkanes) is 5. The number of halogens is 1. The fourth-order valence-electron chi connectivity index (χ4n) is 2.90. The van der Waals surface area contributed by atoms with Crippen molar-refractivity contribution < 1.29 is 42.6 Å². The molecule has 0 aromatic heterocycles. The zero-order chi connectivity index (χ0) is 26.0. The molecule has 0 heterocycles. The number of hydrogen-bond donors (Lipinski definition) is 0. The van der Waals surface area contributed by atoms with Crippen LogP contribution in [0.4, 0.5) is 0 Å². The van der Waals surface area contributed by atoms with Crippen molar-refractivity contribution in [1.29, 1.82) is 0 Å². The fraction of sp³-hybridized carbons (Fsp3) is 1.00. The van der Waals surface area contributed by atoms with E-state index in [4.69, 9.17) is 42.6 Å². The van der Waals surface area contributed by atoms with Gasteiger partial charge in [-0.25, -0.2) is 0 Å². The highest BCUT2D eigenvalue weighted by Gasteiger charge is 1.96.